The summed E-state index contributed by atoms with van der Waals surface area (Å²) in [4.78, 5) is 9.26. The number of rotatable bonds is 8. The van der Waals surface area contributed by atoms with Crippen molar-refractivity contribution < 1.29 is 9.84 Å². The number of benzene rings is 2. The van der Waals surface area contributed by atoms with Crippen molar-refractivity contribution in [3.8, 4) is 22.8 Å². The first-order valence-electron chi connectivity index (χ1n) is 11.0. The number of anilines is 1. The molecule has 1 aromatic heterocycles. The molecule has 6 heteroatoms. The molecule has 0 atom stereocenters. The Morgan fingerprint density at radius 3 is 2.81 bits per heavy atom. The quantitative estimate of drug-likeness (QED) is 0.509. The van der Waals surface area contributed by atoms with Crippen LogP contribution in [0.25, 0.3) is 11.3 Å². The summed E-state index contributed by atoms with van der Waals surface area (Å²) in [6, 6.07) is 16.5. The lowest BCUT2D eigenvalue weighted by Crippen LogP contribution is -2.35. The lowest BCUT2D eigenvalue weighted by molar-refractivity contribution is 0.373. The third kappa shape index (κ3) is 5.73. The zero-order chi connectivity index (χ0) is 21.5. The standard InChI is InChI=1S/C25H30N4O2/c1-31-24-16-18(8-9-23(24)30)4-2-7-25-27-15-12-22(29-25)19-5-3-6-21(17-19)28-20-10-13-26-14-11-20/h3,5-6,8-9,12,15-17,20,26,28,30H,2,4,7,10-11,13-14H2,1H3. The van der Waals surface area contributed by atoms with Crippen LogP contribution in [0.5, 0.6) is 11.5 Å². The third-order valence-corrected chi connectivity index (χ3v) is 5.68. The van der Waals surface area contributed by atoms with Crippen molar-refractivity contribution in [1.82, 2.24) is 15.3 Å². The number of aromatic hydroxyl groups is 1. The Labute approximate surface area is 183 Å². The molecular weight excluding hydrogens is 388 g/mol. The van der Waals surface area contributed by atoms with Gasteiger partial charge in [-0.15, -0.1) is 0 Å². The highest BCUT2D eigenvalue weighted by Crippen LogP contribution is 2.27. The number of phenols is 1. The van der Waals surface area contributed by atoms with E-state index in [0.717, 1.165) is 73.5 Å². The lowest BCUT2D eigenvalue weighted by atomic mass is 10.1. The maximum atomic E-state index is 9.74. The molecule has 0 spiro atoms. The summed E-state index contributed by atoms with van der Waals surface area (Å²) >= 11 is 0. The lowest BCUT2D eigenvalue weighted by Gasteiger charge is -2.24. The van der Waals surface area contributed by atoms with Gasteiger partial charge in [0.05, 0.1) is 12.8 Å². The summed E-state index contributed by atoms with van der Waals surface area (Å²) in [6.45, 7) is 2.15. The Morgan fingerprint density at radius 2 is 1.97 bits per heavy atom. The van der Waals surface area contributed by atoms with Gasteiger partial charge in [-0.25, -0.2) is 9.97 Å². The molecule has 3 N–H and O–H groups in total. The van der Waals surface area contributed by atoms with Crippen LogP contribution in [-0.2, 0) is 12.8 Å². The maximum Gasteiger partial charge on any atom is 0.160 e. The van der Waals surface area contributed by atoms with E-state index in [1.165, 1.54) is 0 Å². The molecule has 0 unspecified atom stereocenters. The van der Waals surface area contributed by atoms with E-state index in [9.17, 15) is 5.11 Å². The van der Waals surface area contributed by atoms with Crippen LogP contribution in [0.3, 0.4) is 0 Å². The van der Waals surface area contributed by atoms with Crippen molar-refractivity contribution in [3.05, 3.63) is 66.1 Å². The fraction of sp³-hybridized carbons (Fsp3) is 0.360. The van der Waals surface area contributed by atoms with E-state index >= 15 is 0 Å². The van der Waals surface area contributed by atoms with E-state index in [0.29, 0.717) is 11.8 Å². The summed E-state index contributed by atoms with van der Waals surface area (Å²) in [5.41, 5.74) is 4.32. The van der Waals surface area contributed by atoms with Crippen LogP contribution in [-0.4, -0.2) is 41.3 Å². The molecule has 1 aliphatic rings. The molecule has 162 valence electrons. The number of nitrogens with zero attached hydrogens (tertiary/aromatic N) is 2. The second-order valence-electron chi connectivity index (χ2n) is 7.97. The van der Waals surface area contributed by atoms with Crippen molar-refractivity contribution in [2.75, 3.05) is 25.5 Å². The Kier molecular flexibility index (Phi) is 6.99. The number of hydrogen-bond donors (Lipinski definition) is 3. The van der Waals surface area contributed by atoms with Crippen LogP contribution in [0.2, 0.25) is 0 Å². The molecule has 2 aromatic carbocycles. The smallest absolute Gasteiger partial charge is 0.160 e. The molecule has 6 nitrogen and oxygen atoms in total. The Morgan fingerprint density at radius 1 is 1.10 bits per heavy atom. The van der Waals surface area contributed by atoms with Crippen molar-refractivity contribution in [2.24, 2.45) is 0 Å². The number of nitrogens with one attached hydrogen (secondary N) is 2. The van der Waals surface area contributed by atoms with Gasteiger partial charge in [0.2, 0.25) is 0 Å². The number of ether oxygens (including phenoxy) is 1. The van der Waals surface area contributed by atoms with Crippen LogP contribution < -0.4 is 15.4 Å². The van der Waals surface area contributed by atoms with Crippen LogP contribution >= 0.6 is 0 Å². The normalized spacial score (nSPS) is 14.4. The number of aromatic nitrogens is 2. The fourth-order valence-corrected chi connectivity index (χ4v) is 3.98. The minimum atomic E-state index is 0.166. The number of phenolic OH excluding ortho intramolecular Hbond substituents is 1. The number of methoxy groups -OCH3 is 1. The summed E-state index contributed by atoms with van der Waals surface area (Å²) in [6.07, 6.45) is 6.73. The van der Waals surface area contributed by atoms with Gasteiger partial charge >= 0.3 is 0 Å². The molecule has 3 aromatic rings. The first kappa shape index (κ1) is 21.1. The van der Waals surface area contributed by atoms with Crippen molar-refractivity contribution in [3.63, 3.8) is 0 Å². The first-order chi connectivity index (χ1) is 15.2. The molecule has 4 rings (SSSR count). The van der Waals surface area contributed by atoms with E-state index < -0.39 is 0 Å². The topological polar surface area (TPSA) is 79.3 Å². The first-order valence-corrected chi connectivity index (χ1v) is 11.0. The Balaban J connectivity index is 1.38. The summed E-state index contributed by atoms with van der Waals surface area (Å²) in [5.74, 6) is 1.52. The van der Waals surface area contributed by atoms with Crippen molar-refractivity contribution >= 4 is 5.69 Å². The number of hydrogen-bond acceptors (Lipinski definition) is 6. The molecule has 2 heterocycles. The average Bonchev–Trinajstić information content (AvgIpc) is 2.81. The van der Waals surface area contributed by atoms with Gasteiger partial charge in [-0.2, -0.15) is 0 Å². The van der Waals surface area contributed by atoms with E-state index in [1.807, 2.05) is 24.4 Å². The maximum absolute atomic E-state index is 9.74. The highest BCUT2D eigenvalue weighted by atomic mass is 16.5. The fourth-order valence-electron chi connectivity index (χ4n) is 3.98. The van der Waals surface area contributed by atoms with E-state index in [-0.39, 0.29) is 5.75 Å². The van der Waals surface area contributed by atoms with E-state index in [2.05, 4.69) is 39.9 Å². The van der Waals surface area contributed by atoms with Crippen LogP contribution in [0.15, 0.2) is 54.7 Å². The summed E-state index contributed by atoms with van der Waals surface area (Å²) in [5, 5.41) is 16.8. The Hall–Kier alpha value is -3.12. The SMILES string of the molecule is COc1cc(CCCc2nccc(-c3cccc(NC4CCNCC4)c3)n2)ccc1O. The highest BCUT2D eigenvalue weighted by Gasteiger charge is 2.13. The summed E-state index contributed by atoms with van der Waals surface area (Å²) < 4.78 is 5.19. The number of piperidine rings is 1. The molecule has 1 aliphatic heterocycles. The number of aryl methyl sites for hydroxylation is 2. The monoisotopic (exact) mass is 418 g/mol. The molecule has 31 heavy (non-hydrogen) atoms. The van der Waals surface area contributed by atoms with Crippen molar-refractivity contribution in [2.45, 2.75) is 38.1 Å². The Bertz CT molecular complexity index is 1000. The van der Waals surface area contributed by atoms with Gasteiger partial charge in [0.25, 0.3) is 0 Å². The highest BCUT2D eigenvalue weighted by molar-refractivity contribution is 5.65. The van der Waals surface area contributed by atoms with Gasteiger partial charge in [-0.3, -0.25) is 0 Å². The molecule has 0 aliphatic carbocycles. The summed E-state index contributed by atoms with van der Waals surface area (Å²) in [7, 11) is 1.56. The van der Waals surface area contributed by atoms with E-state index in [1.54, 1.807) is 13.2 Å². The van der Waals surface area contributed by atoms with Crippen molar-refractivity contribution in [1.29, 1.82) is 0 Å². The molecule has 0 bridgehead atoms. The van der Waals surface area contributed by atoms with Crippen LogP contribution in [0.1, 0.15) is 30.7 Å². The molecule has 1 fully saturated rings. The largest absolute Gasteiger partial charge is 0.504 e. The predicted molar refractivity (Wildman–Crippen MR) is 124 cm³/mol. The minimum absolute atomic E-state index is 0.166. The average molecular weight is 419 g/mol. The molecule has 0 saturated carbocycles. The van der Waals surface area contributed by atoms with Gasteiger partial charge in [0.15, 0.2) is 11.5 Å². The zero-order valence-electron chi connectivity index (χ0n) is 18.0. The van der Waals surface area contributed by atoms with Gasteiger partial charge in [-0.1, -0.05) is 18.2 Å². The van der Waals surface area contributed by atoms with Crippen LogP contribution in [0, 0.1) is 0 Å². The second kappa shape index (κ2) is 10.3. The van der Waals surface area contributed by atoms with Gasteiger partial charge in [0, 0.05) is 29.9 Å². The van der Waals surface area contributed by atoms with Gasteiger partial charge in [-0.05, 0) is 74.7 Å². The van der Waals surface area contributed by atoms with Gasteiger partial charge in [0.1, 0.15) is 5.82 Å². The van der Waals surface area contributed by atoms with E-state index in [4.69, 9.17) is 9.72 Å². The van der Waals surface area contributed by atoms with Gasteiger partial charge < -0.3 is 20.5 Å². The van der Waals surface area contributed by atoms with Crippen LogP contribution in [0.4, 0.5) is 5.69 Å². The minimum Gasteiger partial charge on any atom is -0.504 e. The molecule has 0 amide bonds. The molecule has 0 radical (unpaired) electrons. The molecular formula is C25H30N4O2. The third-order valence-electron chi connectivity index (χ3n) is 5.68. The second-order valence-corrected chi connectivity index (χ2v) is 7.97. The predicted octanol–water partition coefficient (Wildman–Crippen LogP) is 4.20. The zero-order valence-corrected chi connectivity index (χ0v) is 18.0. The molecule has 1 saturated heterocycles.